The minimum atomic E-state index is -3.18. The second-order valence-corrected chi connectivity index (χ2v) is 17.2. The number of carbonyl (C=O) groups excluding carboxylic acids is 1. The first-order valence-electron chi connectivity index (χ1n) is 18.4. The van der Waals surface area contributed by atoms with Crippen molar-refractivity contribution in [2.24, 2.45) is 5.92 Å². The van der Waals surface area contributed by atoms with Gasteiger partial charge in [-0.2, -0.15) is 0 Å². The SMILES string of the molecule is Cc1ncnc(C)c1C(=O)N1CCC(C)(N2CCN([C@@H](c3cccc(F)c3)C3CCN(S(=O)(=O)C4CC4)CC3)[C@H](C)C2)CC1.O=C(O)CCC(=O)O.[Na+]. The van der Waals surface area contributed by atoms with Crippen molar-refractivity contribution in [2.75, 3.05) is 45.8 Å². The van der Waals surface area contributed by atoms with E-state index in [1.165, 1.54) is 12.4 Å². The molecule has 1 amide bonds. The molecule has 0 unspecified atom stereocenters. The number of piperazine rings is 1. The van der Waals surface area contributed by atoms with Crippen molar-refractivity contribution in [3.05, 3.63) is 58.9 Å². The summed E-state index contributed by atoms with van der Waals surface area (Å²) in [5.41, 5.74) is 3.05. The quantitative estimate of drug-likeness (QED) is 0.333. The smallest absolute Gasteiger partial charge is 0.481 e. The fourth-order valence-corrected chi connectivity index (χ4v) is 9.98. The van der Waals surface area contributed by atoms with E-state index in [0.29, 0.717) is 31.7 Å². The molecule has 1 aliphatic carbocycles. The predicted molar refractivity (Wildman–Crippen MR) is 193 cm³/mol. The summed E-state index contributed by atoms with van der Waals surface area (Å²) >= 11 is 0. The zero-order valence-corrected chi connectivity index (χ0v) is 34.5. The van der Waals surface area contributed by atoms with Crippen molar-refractivity contribution in [1.29, 1.82) is 0 Å². The van der Waals surface area contributed by atoms with Crippen LogP contribution in [0.2, 0.25) is 0 Å². The van der Waals surface area contributed by atoms with Crippen LogP contribution in [0.25, 0.3) is 0 Å². The number of likely N-dealkylation sites (tertiary alicyclic amines) is 1. The van der Waals surface area contributed by atoms with Crippen LogP contribution in [-0.4, -0.2) is 128 Å². The van der Waals surface area contributed by atoms with Gasteiger partial charge in [0.15, 0.2) is 0 Å². The molecule has 4 aliphatic rings. The van der Waals surface area contributed by atoms with Gasteiger partial charge < -0.3 is 15.1 Å². The fraction of sp³-hybridized carbons (Fsp3) is 0.649. The first-order valence-corrected chi connectivity index (χ1v) is 19.9. The molecule has 0 bridgehead atoms. The molecule has 4 heterocycles. The third kappa shape index (κ3) is 10.6. The minimum absolute atomic E-state index is 0. The Hall–Kier alpha value is -2.53. The second kappa shape index (κ2) is 18.4. The predicted octanol–water partition coefficient (Wildman–Crippen LogP) is 1.12. The van der Waals surface area contributed by atoms with Gasteiger partial charge in [0, 0.05) is 63.4 Å². The van der Waals surface area contributed by atoms with Gasteiger partial charge in [-0.05, 0) is 89.8 Å². The maximum atomic E-state index is 14.5. The Kier molecular flexibility index (Phi) is 15.0. The molecular weight excluding hydrogens is 714 g/mol. The van der Waals surface area contributed by atoms with E-state index in [4.69, 9.17) is 10.2 Å². The number of amides is 1. The third-order valence-electron chi connectivity index (χ3n) is 11.4. The molecule has 2 aromatic rings. The normalized spacial score (nSPS) is 22.2. The van der Waals surface area contributed by atoms with Crippen LogP contribution in [0, 0.1) is 25.6 Å². The molecule has 2 atom stereocenters. The Labute approximate surface area is 334 Å². The van der Waals surface area contributed by atoms with Gasteiger partial charge in [-0.1, -0.05) is 12.1 Å². The van der Waals surface area contributed by atoms with E-state index in [1.54, 1.807) is 16.4 Å². The van der Waals surface area contributed by atoms with Crippen LogP contribution in [0.5, 0.6) is 0 Å². The van der Waals surface area contributed by atoms with E-state index >= 15 is 0 Å². The van der Waals surface area contributed by atoms with Gasteiger partial charge in [-0.3, -0.25) is 24.2 Å². The van der Waals surface area contributed by atoms with Crippen LogP contribution in [-0.2, 0) is 19.6 Å². The first kappa shape index (κ1) is 43.2. The number of benzene rings is 1. The van der Waals surface area contributed by atoms with E-state index in [-0.39, 0.29) is 82.9 Å². The number of carboxylic acid groups (broad SMARTS) is 2. The number of carboxylic acids is 2. The van der Waals surface area contributed by atoms with Crippen LogP contribution < -0.4 is 29.6 Å². The van der Waals surface area contributed by atoms with Crippen LogP contribution in [0.3, 0.4) is 0 Å². The van der Waals surface area contributed by atoms with Crippen molar-refractivity contribution in [2.45, 2.75) is 102 Å². The van der Waals surface area contributed by atoms with Crippen molar-refractivity contribution in [1.82, 2.24) is 29.0 Å². The number of halogens is 1. The van der Waals surface area contributed by atoms with Gasteiger partial charge in [0.25, 0.3) is 5.91 Å². The summed E-state index contributed by atoms with van der Waals surface area (Å²) in [5.74, 6) is -2.10. The van der Waals surface area contributed by atoms with E-state index in [2.05, 4.69) is 33.6 Å². The molecule has 1 aromatic carbocycles. The molecule has 6 rings (SSSR count). The van der Waals surface area contributed by atoms with Crippen LogP contribution in [0.15, 0.2) is 30.6 Å². The average Bonchev–Trinajstić information content (AvgIpc) is 3.96. The minimum Gasteiger partial charge on any atom is -0.481 e. The fourth-order valence-electron chi connectivity index (χ4n) is 8.11. The number of hydrogen-bond acceptors (Lipinski definition) is 9. The number of rotatable bonds is 10. The molecule has 0 spiro atoms. The maximum absolute atomic E-state index is 14.5. The topological polar surface area (TPSA) is 165 Å². The molecule has 1 aromatic heterocycles. The summed E-state index contributed by atoms with van der Waals surface area (Å²) in [6.07, 6.45) is 5.85. The summed E-state index contributed by atoms with van der Waals surface area (Å²) in [6, 6.07) is 7.29. The van der Waals surface area contributed by atoms with Crippen molar-refractivity contribution >= 4 is 27.9 Å². The van der Waals surface area contributed by atoms with Crippen molar-refractivity contribution in [3.8, 4) is 0 Å². The van der Waals surface area contributed by atoms with Crippen LogP contribution in [0.1, 0.15) is 98.6 Å². The first-order chi connectivity index (χ1) is 24.6. The maximum Gasteiger partial charge on any atom is 1.00 e. The van der Waals surface area contributed by atoms with E-state index in [0.717, 1.165) is 75.1 Å². The Morgan fingerprint density at radius 2 is 1.51 bits per heavy atom. The molecule has 3 saturated heterocycles. The van der Waals surface area contributed by atoms with Gasteiger partial charge in [0.1, 0.15) is 12.1 Å². The number of aromatic nitrogens is 2. The van der Waals surface area contributed by atoms with Gasteiger partial charge in [-0.25, -0.2) is 27.1 Å². The molecule has 1 saturated carbocycles. The summed E-state index contributed by atoms with van der Waals surface area (Å²) < 4.78 is 42.0. The monoisotopic (exact) mass is 767 g/mol. The molecule has 286 valence electrons. The number of sulfonamides is 1. The number of aliphatic carboxylic acids is 2. The second-order valence-electron chi connectivity index (χ2n) is 15.0. The summed E-state index contributed by atoms with van der Waals surface area (Å²) in [7, 11) is -3.18. The molecule has 16 heteroatoms. The molecule has 13 nitrogen and oxygen atoms in total. The Bertz CT molecular complexity index is 1680. The Morgan fingerprint density at radius 3 is 2.02 bits per heavy atom. The van der Waals surface area contributed by atoms with Gasteiger partial charge in [0.05, 0.1) is 35.0 Å². The zero-order valence-electron chi connectivity index (χ0n) is 31.7. The van der Waals surface area contributed by atoms with Crippen molar-refractivity contribution in [3.63, 3.8) is 0 Å². The number of carbonyl (C=O) groups is 3. The van der Waals surface area contributed by atoms with E-state index in [1.807, 2.05) is 24.8 Å². The molecule has 0 radical (unpaired) electrons. The molecule has 4 fully saturated rings. The average molecular weight is 768 g/mol. The number of nitrogens with zero attached hydrogens (tertiary/aromatic N) is 6. The van der Waals surface area contributed by atoms with Gasteiger partial charge in [0.2, 0.25) is 10.0 Å². The largest absolute Gasteiger partial charge is 1.00 e. The van der Waals surface area contributed by atoms with Crippen molar-refractivity contribution < 1.29 is 67.0 Å². The standard InChI is InChI=1S/C33H47FN6O3S.C4H6O4.Na/c1-23-21-38(33(4)12-16-37(17-13-33)32(41)30-24(2)35-22-36-25(30)3)18-19-40(23)31(27-6-5-7-28(34)20-27)26-10-14-39(15-11-26)44(42,43)29-8-9-29;5-3(6)1-2-4(7)8;/h5-7,20,22-23,26,29,31H,8-19,21H2,1-4H3;1-2H2,(H,5,6)(H,7,8);/q;;+1/t23-,31-;;/m1../s1. The summed E-state index contributed by atoms with van der Waals surface area (Å²) in [6.45, 7) is 13.5. The number of hydrogen-bond donors (Lipinski definition) is 2. The Balaban J connectivity index is 0.000000627. The molecule has 2 N–H and O–H groups in total. The molecule has 3 aliphatic heterocycles. The zero-order chi connectivity index (χ0) is 37.8. The van der Waals surface area contributed by atoms with Crippen LogP contribution >= 0.6 is 0 Å². The molecule has 53 heavy (non-hydrogen) atoms. The van der Waals surface area contributed by atoms with E-state index in [9.17, 15) is 27.2 Å². The Morgan fingerprint density at radius 1 is 0.925 bits per heavy atom. The third-order valence-corrected chi connectivity index (χ3v) is 13.8. The number of aryl methyl sites for hydroxylation is 2. The van der Waals surface area contributed by atoms with E-state index < -0.39 is 22.0 Å². The van der Waals surface area contributed by atoms with Crippen LogP contribution in [0.4, 0.5) is 4.39 Å². The summed E-state index contributed by atoms with van der Waals surface area (Å²) in [5, 5.41) is 15.6. The van der Waals surface area contributed by atoms with Gasteiger partial charge >= 0.3 is 41.5 Å². The number of piperidine rings is 2. The van der Waals surface area contributed by atoms with Gasteiger partial charge in [-0.15, -0.1) is 0 Å². The summed E-state index contributed by atoms with van der Waals surface area (Å²) in [4.78, 5) is 48.3. The molecular formula is C37H53FN6NaO7S+.